The molecule has 2 aromatic heterocycles. The molecule has 0 aliphatic heterocycles. The predicted molar refractivity (Wildman–Crippen MR) is 87.7 cm³/mol. The van der Waals surface area contributed by atoms with Gasteiger partial charge in [0.2, 0.25) is 5.76 Å². The molecule has 0 saturated heterocycles. The first kappa shape index (κ1) is 18.0. The van der Waals surface area contributed by atoms with Crippen molar-refractivity contribution in [2.75, 3.05) is 0 Å². The third-order valence-electron chi connectivity index (χ3n) is 3.28. The Morgan fingerprint density at radius 1 is 1.12 bits per heavy atom. The highest BCUT2D eigenvalue weighted by Crippen LogP contribution is 2.32. The monoisotopic (exact) mass is 380 g/mol. The number of benzene rings is 1. The van der Waals surface area contributed by atoms with Crippen LogP contribution in [0.5, 0.6) is 0 Å². The molecule has 3 aromatic rings. The number of hydrogen-bond donors (Lipinski definition) is 1. The van der Waals surface area contributed by atoms with Gasteiger partial charge in [0.1, 0.15) is 11.5 Å². The van der Waals surface area contributed by atoms with E-state index in [2.05, 4.69) is 9.97 Å². The number of rotatable bonds is 5. The van der Waals surface area contributed by atoms with Crippen molar-refractivity contribution in [2.45, 2.75) is 17.1 Å². The molecule has 0 spiro atoms. The van der Waals surface area contributed by atoms with E-state index in [4.69, 9.17) is 9.52 Å². The Kier molecular flexibility index (Phi) is 4.99. The van der Waals surface area contributed by atoms with Crippen LogP contribution in [0.25, 0.3) is 11.3 Å². The number of hydrogen-bond acceptors (Lipinski definition) is 5. The lowest BCUT2D eigenvalue weighted by Gasteiger charge is -2.10. The van der Waals surface area contributed by atoms with Crippen molar-refractivity contribution < 1.29 is 27.5 Å². The molecule has 1 aromatic carbocycles. The topological polar surface area (TPSA) is 76.2 Å². The van der Waals surface area contributed by atoms with Crippen LogP contribution < -0.4 is 0 Å². The van der Waals surface area contributed by atoms with Gasteiger partial charge in [-0.15, -0.1) is 0 Å². The Bertz CT molecular complexity index is 927. The van der Waals surface area contributed by atoms with Crippen molar-refractivity contribution in [3.63, 3.8) is 0 Å². The lowest BCUT2D eigenvalue weighted by atomic mass is 10.1. The van der Waals surface area contributed by atoms with Crippen molar-refractivity contribution in [1.82, 2.24) is 9.97 Å². The molecule has 0 amide bonds. The van der Waals surface area contributed by atoms with Crippen LogP contribution >= 0.6 is 11.8 Å². The van der Waals surface area contributed by atoms with E-state index in [0.717, 1.165) is 17.8 Å². The summed E-state index contributed by atoms with van der Waals surface area (Å²) in [6, 6.07) is 12.1. The van der Waals surface area contributed by atoms with Crippen molar-refractivity contribution >= 4 is 17.7 Å². The Morgan fingerprint density at radius 2 is 1.85 bits per heavy atom. The van der Waals surface area contributed by atoms with Gasteiger partial charge in [0, 0.05) is 5.56 Å². The summed E-state index contributed by atoms with van der Waals surface area (Å²) < 4.78 is 44.5. The van der Waals surface area contributed by atoms with Crippen LogP contribution in [-0.2, 0) is 11.9 Å². The highest BCUT2D eigenvalue weighted by atomic mass is 32.2. The van der Waals surface area contributed by atoms with E-state index in [1.807, 2.05) is 0 Å². The maximum atomic E-state index is 13.1. The summed E-state index contributed by atoms with van der Waals surface area (Å²) in [6.45, 7) is 0. The summed E-state index contributed by atoms with van der Waals surface area (Å²) in [6.07, 6.45) is -4.61. The zero-order chi connectivity index (χ0) is 18.7. The average Bonchev–Trinajstić information content (AvgIpc) is 3.09. The van der Waals surface area contributed by atoms with Gasteiger partial charge in [-0.3, -0.25) is 0 Å². The van der Waals surface area contributed by atoms with Crippen LogP contribution in [0.1, 0.15) is 22.0 Å². The minimum absolute atomic E-state index is 0.0769. The average molecular weight is 380 g/mol. The molecule has 5 nitrogen and oxygen atoms in total. The summed E-state index contributed by atoms with van der Waals surface area (Å²) in [5, 5.41) is 8.74. The smallest absolute Gasteiger partial charge is 0.433 e. The minimum atomic E-state index is -4.61. The molecule has 0 bridgehead atoms. The first-order chi connectivity index (χ1) is 12.3. The molecule has 0 fully saturated rings. The van der Waals surface area contributed by atoms with E-state index in [0.29, 0.717) is 11.3 Å². The number of thioether (sulfide) groups is 1. The maximum absolute atomic E-state index is 13.1. The fourth-order valence-electron chi connectivity index (χ4n) is 2.10. The van der Waals surface area contributed by atoms with Gasteiger partial charge in [-0.25, -0.2) is 14.8 Å². The summed E-state index contributed by atoms with van der Waals surface area (Å²) in [5.74, 6) is -1.06. The Labute approximate surface area is 149 Å². The van der Waals surface area contributed by atoms with Crippen LogP contribution in [0.2, 0.25) is 0 Å². The second-order valence-electron chi connectivity index (χ2n) is 5.14. The number of carboxylic acid groups (broad SMARTS) is 1. The lowest BCUT2D eigenvalue weighted by molar-refractivity contribution is -0.141. The van der Waals surface area contributed by atoms with Crippen molar-refractivity contribution in [3.05, 3.63) is 65.7 Å². The summed E-state index contributed by atoms with van der Waals surface area (Å²) in [4.78, 5) is 18.5. The highest BCUT2D eigenvalue weighted by molar-refractivity contribution is 7.98. The minimum Gasteiger partial charge on any atom is -0.475 e. The van der Waals surface area contributed by atoms with E-state index in [-0.39, 0.29) is 22.4 Å². The van der Waals surface area contributed by atoms with Crippen LogP contribution in [0, 0.1) is 0 Å². The van der Waals surface area contributed by atoms with Gasteiger partial charge >= 0.3 is 12.1 Å². The van der Waals surface area contributed by atoms with E-state index >= 15 is 0 Å². The molecule has 26 heavy (non-hydrogen) atoms. The molecule has 0 aliphatic rings. The predicted octanol–water partition coefficient (Wildman–Crippen LogP) is 4.75. The molecule has 0 atom stereocenters. The summed E-state index contributed by atoms with van der Waals surface area (Å²) >= 11 is 0.929. The molecule has 1 N–H and O–H groups in total. The standard InChI is InChI=1S/C17H11F3N2O3S/c18-17(19,20)14-8-12(10-4-2-1-3-5-10)21-16(22-14)26-9-11-6-7-13(25-11)15(23)24/h1-8H,9H2,(H,23,24). The number of halogens is 3. The Morgan fingerprint density at radius 3 is 2.46 bits per heavy atom. The summed E-state index contributed by atoms with van der Waals surface area (Å²) in [7, 11) is 0. The second kappa shape index (κ2) is 7.20. The fourth-order valence-corrected chi connectivity index (χ4v) is 2.85. The zero-order valence-electron chi connectivity index (χ0n) is 13.0. The Hall–Kier alpha value is -2.81. The second-order valence-corrected chi connectivity index (χ2v) is 6.09. The third kappa shape index (κ3) is 4.23. The molecule has 134 valence electrons. The van der Waals surface area contributed by atoms with Gasteiger partial charge in [0.25, 0.3) is 0 Å². The highest BCUT2D eigenvalue weighted by Gasteiger charge is 2.33. The molecule has 0 saturated carbocycles. The van der Waals surface area contributed by atoms with E-state index in [9.17, 15) is 18.0 Å². The third-order valence-corrected chi connectivity index (χ3v) is 4.15. The molecule has 2 heterocycles. The van der Waals surface area contributed by atoms with Crippen LogP contribution in [0.3, 0.4) is 0 Å². The molecular formula is C17H11F3N2O3S. The first-order valence-corrected chi connectivity index (χ1v) is 8.28. The molecular weight excluding hydrogens is 369 g/mol. The van der Waals surface area contributed by atoms with Crippen molar-refractivity contribution in [1.29, 1.82) is 0 Å². The van der Waals surface area contributed by atoms with Gasteiger partial charge < -0.3 is 9.52 Å². The number of alkyl halides is 3. The number of carbonyl (C=O) groups is 1. The largest absolute Gasteiger partial charge is 0.475 e. The normalized spacial score (nSPS) is 11.5. The number of furan rings is 1. The molecule has 0 unspecified atom stereocenters. The van der Waals surface area contributed by atoms with Crippen LogP contribution in [0.15, 0.2) is 58.1 Å². The maximum Gasteiger partial charge on any atom is 0.433 e. The fraction of sp³-hybridized carbons (Fsp3) is 0.118. The number of aromatic nitrogens is 2. The molecule has 9 heteroatoms. The van der Waals surface area contributed by atoms with Gasteiger partial charge in [0.05, 0.1) is 11.4 Å². The first-order valence-electron chi connectivity index (χ1n) is 7.29. The molecule has 3 rings (SSSR count). The Balaban J connectivity index is 1.89. The van der Waals surface area contributed by atoms with E-state index < -0.39 is 17.8 Å². The van der Waals surface area contributed by atoms with Crippen LogP contribution in [0.4, 0.5) is 13.2 Å². The van der Waals surface area contributed by atoms with Crippen molar-refractivity contribution in [3.8, 4) is 11.3 Å². The van der Waals surface area contributed by atoms with E-state index in [1.54, 1.807) is 30.3 Å². The van der Waals surface area contributed by atoms with Gasteiger partial charge in [-0.1, -0.05) is 42.1 Å². The quantitative estimate of drug-likeness (QED) is 0.509. The van der Waals surface area contributed by atoms with E-state index in [1.165, 1.54) is 12.1 Å². The van der Waals surface area contributed by atoms with Gasteiger partial charge in [0.15, 0.2) is 5.16 Å². The van der Waals surface area contributed by atoms with Gasteiger partial charge in [-0.2, -0.15) is 13.2 Å². The number of carboxylic acids is 1. The number of nitrogens with zero attached hydrogens (tertiary/aromatic N) is 2. The summed E-state index contributed by atoms with van der Waals surface area (Å²) in [5.41, 5.74) is -0.353. The number of aromatic carboxylic acids is 1. The SMILES string of the molecule is O=C(O)c1ccc(CSc2nc(-c3ccccc3)cc(C(F)(F)F)n2)o1. The zero-order valence-corrected chi connectivity index (χ0v) is 13.8. The molecule has 0 aliphatic carbocycles. The van der Waals surface area contributed by atoms with Gasteiger partial charge in [-0.05, 0) is 18.2 Å². The van der Waals surface area contributed by atoms with Crippen molar-refractivity contribution in [2.24, 2.45) is 0 Å². The lowest BCUT2D eigenvalue weighted by Crippen LogP contribution is -2.10. The molecule has 0 radical (unpaired) electrons. The van der Waals surface area contributed by atoms with Crippen LogP contribution in [-0.4, -0.2) is 21.0 Å².